The molecule has 0 bridgehead atoms. The number of hydrogen-bond acceptors (Lipinski definition) is 3. The highest BCUT2D eigenvalue weighted by atomic mass is 35.5. The molecule has 4 rings (SSSR count). The summed E-state index contributed by atoms with van der Waals surface area (Å²) in [5.41, 5.74) is 1.24. The van der Waals surface area contributed by atoms with Gasteiger partial charge in [0.1, 0.15) is 10.7 Å². The van der Waals surface area contributed by atoms with Gasteiger partial charge in [0, 0.05) is 42.7 Å². The first-order chi connectivity index (χ1) is 14.5. The third kappa shape index (κ3) is 4.50. The minimum atomic E-state index is -0.348. The molecule has 0 atom stereocenters. The molecule has 1 aromatic heterocycles. The zero-order valence-electron chi connectivity index (χ0n) is 16.4. The van der Waals surface area contributed by atoms with E-state index in [4.69, 9.17) is 11.6 Å². The van der Waals surface area contributed by atoms with Crippen molar-refractivity contribution in [2.75, 3.05) is 26.2 Å². The van der Waals surface area contributed by atoms with Gasteiger partial charge in [0.25, 0.3) is 5.91 Å². The van der Waals surface area contributed by atoms with Crippen molar-refractivity contribution in [1.82, 2.24) is 9.80 Å². The highest BCUT2D eigenvalue weighted by Crippen LogP contribution is 2.36. The smallest absolute Gasteiger partial charge is 0.265 e. The molecule has 2 amide bonds. The standard InChI is InChI=1S/C23H22ClFN2O2S/c24-21-18-10-9-17(25)15-19(18)30-22(21)23(29)27-13-11-26(12-14-27)20(28)8-4-7-16-5-2-1-3-6-16/h1-3,5-6,9-10,15H,4,7-8,11-14H2. The van der Waals surface area contributed by atoms with E-state index in [1.165, 1.54) is 29.0 Å². The fourth-order valence-corrected chi connectivity index (χ4v) is 5.23. The van der Waals surface area contributed by atoms with E-state index in [0.29, 0.717) is 52.6 Å². The first-order valence-corrected chi connectivity index (χ1v) is 11.2. The summed E-state index contributed by atoms with van der Waals surface area (Å²) >= 11 is 7.60. The number of aryl methyl sites for hydroxylation is 1. The zero-order valence-corrected chi connectivity index (χ0v) is 18.0. The van der Waals surface area contributed by atoms with Crippen LogP contribution in [0.1, 0.15) is 28.1 Å². The Morgan fingerprint density at radius 3 is 2.43 bits per heavy atom. The van der Waals surface area contributed by atoms with E-state index in [9.17, 15) is 14.0 Å². The third-order valence-corrected chi connectivity index (χ3v) is 7.05. The molecule has 2 heterocycles. The molecule has 1 saturated heterocycles. The van der Waals surface area contributed by atoms with Gasteiger partial charge in [0.05, 0.1) is 5.02 Å². The van der Waals surface area contributed by atoms with Gasteiger partial charge >= 0.3 is 0 Å². The molecule has 0 radical (unpaired) electrons. The summed E-state index contributed by atoms with van der Waals surface area (Å²) in [6.07, 6.45) is 2.21. The number of nitrogens with zero attached hydrogens (tertiary/aromatic N) is 2. The van der Waals surface area contributed by atoms with E-state index in [2.05, 4.69) is 12.1 Å². The van der Waals surface area contributed by atoms with Crippen LogP contribution in [0.25, 0.3) is 10.1 Å². The molecule has 4 nitrogen and oxygen atoms in total. The Bertz CT molecular complexity index is 1060. The lowest BCUT2D eigenvalue weighted by molar-refractivity contribution is -0.132. The van der Waals surface area contributed by atoms with Crippen LogP contribution in [0, 0.1) is 5.82 Å². The lowest BCUT2D eigenvalue weighted by Gasteiger charge is -2.34. The van der Waals surface area contributed by atoms with Crippen LogP contribution in [0.3, 0.4) is 0 Å². The average Bonchev–Trinajstić information content (AvgIpc) is 3.09. The highest BCUT2D eigenvalue weighted by molar-refractivity contribution is 7.21. The first kappa shape index (κ1) is 20.8. The van der Waals surface area contributed by atoms with Crippen molar-refractivity contribution in [2.24, 2.45) is 0 Å². The Morgan fingerprint density at radius 2 is 1.70 bits per heavy atom. The van der Waals surface area contributed by atoms with Crippen LogP contribution in [0.4, 0.5) is 4.39 Å². The van der Waals surface area contributed by atoms with Gasteiger partial charge in [-0.3, -0.25) is 9.59 Å². The van der Waals surface area contributed by atoms with E-state index in [1.54, 1.807) is 11.0 Å². The summed E-state index contributed by atoms with van der Waals surface area (Å²) in [4.78, 5) is 29.4. The van der Waals surface area contributed by atoms with Crippen molar-refractivity contribution in [3.63, 3.8) is 0 Å². The molecule has 3 aromatic rings. The Kier molecular flexibility index (Phi) is 6.35. The van der Waals surface area contributed by atoms with Gasteiger partial charge in [0.2, 0.25) is 5.91 Å². The maximum atomic E-state index is 13.5. The maximum Gasteiger partial charge on any atom is 0.265 e. The van der Waals surface area contributed by atoms with E-state index < -0.39 is 0 Å². The molecule has 1 aliphatic rings. The van der Waals surface area contributed by atoms with Crippen LogP contribution in [0.5, 0.6) is 0 Å². The molecule has 1 aliphatic heterocycles. The highest BCUT2D eigenvalue weighted by Gasteiger charge is 2.27. The van der Waals surface area contributed by atoms with Crippen LogP contribution in [0.2, 0.25) is 5.02 Å². The number of halogens is 2. The maximum absolute atomic E-state index is 13.5. The number of hydrogen-bond donors (Lipinski definition) is 0. The summed E-state index contributed by atoms with van der Waals surface area (Å²) in [6.45, 7) is 1.99. The largest absolute Gasteiger partial charge is 0.339 e. The van der Waals surface area contributed by atoms with Gasteiger partial charge in [-0.2, -0.15) is 0 Å². The van der Waals surface area contributed by atoms with E-state index in [-0.39, 0.29) is 17.6 Å². The summed E-state index contributed by atoms with van der Waals surface area (Å²) in [5, 5.41) is 1.07. The third-order valence-electron chi connectivity index (χ3n) is 5.40. The van der Waals surface area contributed by atoms with Crippen LogP contribution >= 0.6 is 22.9 Å². The number of fused-ring (bicyclic) bond motifs is 1. The predicted octanol–water partition coefficient (Wildman–Crippen LogP) is 5.00. The topological polar surface area (TPSA) is 40.6 Å². The Labute approximate surface area is 183 Å². The normalized spacial score (nSPS) is 14.3. The Hall–Kier alpha value is -2.44. The second kappa shape index (κ2) is 9.14. The molecule has 7 heteroatoms. The van der Waals surface area contributed by atoms with E-state index in [1.807, 2.05) is 23.1 Å². The Balaban J connectivity index is 1.31. The molecule has 30 heavy (non-hydrogen) atoms. The molecule has 0 spiro atoms. The number of piperazine rings is 1. The quantitative estimate of drug-likeness (QED) is 0.555. The summed E-state index contributed by atoms with van der Waals surface area (Å²) in [6, 6.07) is 14.5. The van der Waals surface area contributed by atoms with Crippen molar-refractivity contribution in [3.05, 3.63) is 69.8 Å². The second-order valence-electron chi connectivity index (χ2n) is 7.40. The van der Waals surface area contributed by atoms with Gasteiger partial charge in [-0.05, 0) is 36.6 Å². The van der Waals surface area contributed by atoms with Gasteiger partial charge in [-0.15, -0.1) is 11.3 Å². The molecule has 0 N–H and O–H groups in total. The van der Waals surface area contributed by atoms with Gasteiger partial charge in [-0.1, -0.05) is 41.9 Å². The van der Waals surface area contributed by atoms with Crippen LogP contribution in [0.15, 0.2) is 48.5 Å². The molecule has 1 fully saturated rings. The monoisotopic (exact) mass is 444 g/mol. The van der Waals surface area contributed by atoms with Gasteiger partial charge in [-0.25, -0.2) is 4.39 Å². The number of thiophene rings is 1. The lowest BCUT2D eigenvalue weighted by Crippen LogP contribution is -2.50. The molecule has 0 aliphatic carbocycles. The van der Waals surface area contributed by atoms with Crippen molar-refractivity contribution >= 4 is 44.8 Å². The van der Waals surface area contributed by atoms with Crippen molar-refractivity contribution in [2.45, 2.75) is 19.3 Å². The molecular weight excluding hydrogens is 423 g/mol. The van der Waals surface area contributed by atoms with Crippen molar-refractivity contribution in [3.8, 4) is 0 Å². The molecular formula is C23H22ClFN2O2S. The fourth-order valence-electron chi connectivity index (χ4n) is 3.73. The zero-order chi connectivity index (χ0) is 21.1. The van der Waals surface area contributed by atoms with Gasteiger partial charge in [0.15, 0.2) is 0 Å². The SMILES string of the molecule is O=C(CCCc1ccccc1)N1CCN(C(=O)c2sc3cc(F)ccc3c2Cl)CC1. The molecule has 2 aromatic carbocycles. The van der Waals surface area contributed by atoms with Crippen LogP contribution in [-0.2, 0) is 11.2 Å². The second-order valence-corrected chi connectivity index (χ2v) is 8.83. The van der Waals surface area contributed by atoms with Crippen LogP contribution < -0.4 is 0 Å². The average molecular weight is 445 g/mol. The number of rotatable bonds is 5. The molecule has 0 unspecified atom stereocenters. The van der Waals surface area contributed by atoms with E-state index >= 15 is 0 Å². The summed E-state index contributed by atoms with van der Waals surface area (Å²) in [5.74, 6) is -0.370. The first-order valence-electron chi connectivity index (χ1n) is 10.0. The number of amides is 2. The lowest BCUT2D eigenvalue weighted by atomic mass is 10.1. The number of carbonyl (C=O) groups is 2. The van der Waals surface area contributed by atoms with Crippen molar-refractivity contribution < 1.29 is 14.0 Å². The molecule has 0 saturated carbocycles. The van der Waals surface area contributed by atoms with Crippen molar-refractivity contribution in [1.29, 1.82) is 0 Å². The number of benzene rings is 2. The predicted molar refractivity (Wildman–Crippen MR) is 119 cm³/mol. The number of carbonyl (C=O) groups excluding carboxylic acids is 2. The molecule has 156 valence electrons. The van der Waals surface area contributed by atoms with Gasteiger partial charge < -0.3 is 9.80 Å². The Morgan fingerprint density at radius 1 is 1.00 bits per heavy atom. The minimum Gasteiger partial charge on any atom is -0.339 e. The van der Waals surface area contributed by atoms with E-state index in [0.717, 1.165) is 12.8 Å². The van der Waals surface area contributed by atoms with Crippen LogP contribution in [-0.4, -0.2) is 47.8 Å². The summed E-state index contributed by atoms with van der Waals surface area (Å²) in [7, 11) is 0. The summed E-state index contributed by atoms with van der Waals surface area (Å²) < 4.78 is 14.1. The fraction of sp³-hybridized carbons (Fsp3) is 0.304. The minimum absolute atomic E-state index is 0.133.